The molecule has 2 rings (SSSR count). The summed E-state index contributed by atoms with van der Waals surface area (Å²) in [4.78, 5) is 0. The average molecular weight is 214 g/mol. The van der Waals surface area contributed by atoms with E-state index < -0.39 is 0 Å². The molecule has 1 saturated carbocycles. The van der Waals surface area contributed by atoms with Crippen LogP contribution in [0.4, 0.5) is 5.69 Å². The van der Waals surface area contributed by atoms with E-state index in [4.69, 9.17) is 5.26 Å². The molecule has 0 spiro atoms. The summed E-state index contributed by atoms with van der Waals surface area (Å²) in [5.41, 5.74) is 2.97. The van der Waals surface area contributed by atoms with Crippen molar-refractivity contribution in [2.24, 2.45) is 0 Å². The standard InChI is InChI=1S/C14H18N2/c1-11-7-8-12(10-15)14(9-11)16-13-5-3-2-4-6-13/h7-9,13,16H,2-6H2,1H3. The third-order valence-electron chi connectivity index (χ3n) is 3.26. The van der Waals surface area contributed by atoms with Crippen molar-refractivity contribution in [2.45, 2.75) is 45.1 Å². The Bertz CT molecular complexity index is 398. The van der Waals surface area contributed by atoms with Gasteiger partial charge in [-0.15, -0.1) is 0 Å². The third kappa shape index (κ3) is 2.55. The van der Waals surface area contributed by atoms with Crippen LogP contribution in [-0.4, -0.2) is 6.04 Å². The largest absolute Gasteiger partial charge is 0.381 e. The number of nitriles is 1. The minimum atomic E-state index is 0.558. The van der Waals surface area contributed by atoms with Crippen molar-refractivity contribution in [3.05, 3.63) is 29.3 Å². The summed E-state index contributed by atoms with van der Waals surface area (Å²) >= 11 is 0. The van der Waals surface area contributed by atoms with Gasteiger partial charge in [0.2, 0.25) is 0 Å². The maximum Gasteiger partial charge on any atom is 0.101 e. The Kier molecular flexibility index (Phi) is 3.46. The lowest BCUT2D eigenvalue weighted by atomic mass is 9.95. The lowest BCUT2D eigenvalue weighted by Gasteiger charge is -2.24. The van der Waals surface area contributed by atoms with Crippen LogP contribution in [0.3, 0.4) is 0 Å². The molecule has 2 nitrogen and oxygen atoms in total. The quantitative estimate of drug-likeness (QED) is 0.816. The molecule has 16 heavy (non-hydrogen) atoms. The second kappa shape index (κ2) is 5.03. The second-order valence-electron chi connectivity index (χ2n) is 4.64. The summed E-state index contributed by atoms with van der Waals surface area (Å²) in [5, 5.41) is 12.6. The fourth-order valence-corrected chi connectivity index (χ4v) is 2.34. The van der Waals surface area contributed by atoms with Crippen LogP contribution in [0.15, 0.2) is 18.2 Å². The normalized spacial score (nSPS) is 16.8. The molecule has 0 radical (unpaired) electrons. The van der Waals surface area contributed by atoms with Gasteiger partial charge in [0.15, 0.2) is 0 Å². The molecule has 0 saturated heterocycles. The van der Waals surface area contributed by atoms with Crippen LogP contribution in [0.2, 0.25) is 0 Å². The van der Waals surface area contributed by atoms with E-state index in [0.717, 1.165) is 11.3 Å². The second-order valence-corrected chi connectivity index (χ2v) is 4.64. The van der Waals surface area contributed by atoms with Crippen LogP contribution < -0.4 is 5.32 Å². The molecule has 0 atom stereocenters. The fraction of sp³-hybridized carbons (Fsp3) is 0.500. The van der Waals surface area contributed by atoms with Crippen molar-refractivity contribution >= 4 is 5.69 Å². The predicted octanol–water partition coefficient (Wildman–Crippen LogP) is 3.61. The van der Waals surface area contributed by atoms with E-state index in [-0.39, 0.29) is 0 Å². The molecule has 0 heterocycles. The Morgan fingerprint density at radius 1 is 1.25 bits per heavy atom. The molecular weight excluding hydrogens is 196 g/mol. The SMILES string of the molecule is Cc1ccc(C#N)c(NC2CCCCC2)c1. The first-order chi connectivity index (χ1) is 7.79. The summed E-state index contributed by atoms with van der Waals surface area (Å²) in [6, 6.07) is 8.78. The Morgan fingerprint density at radius 2 is 2.00 bits per heavy atom. The van der Waals surface area contributed by atoms with Gasteiger partial charge < -0.3 is 5.32 Å². The van der Waals surface area contributed by atoms with Crippen molar-refractivity contribution < 1.29 is 0 Å². The lowest BCUT2D eigenvalue weighted by Crippen LogP contribution is -2.22. The van der Waals surface area contributed by atoms with Crippen LogP contribution in [0.1, 0.15) is 43.2 Å². The first-order valence-electron chi connectivity index (χ1n) is 6.07. The summed E-state index contributed by atoms with van der Waals surface area (Å²) in [5.74, 6) is 0. The minimum absolute atomic E-state index is 0.558. The van der Waals surface area contributed by atoms with Crippen LogP contribution in [0.5, 0.6) is 0 Å². The minimum Gasteiger partial charge on any atom is -0.381 e. The Morgan fingerprint density at radius 3 is 2.69 bits per heavy atom. The number of benzene rings is 1. The van der Waals surface area contributed by atoms with Gasteiger partial charge in [0, 0.05) is 6.04 Å². The molecule has 84 valence electrons. The smallest absolute Gasteiger partial charge is 0.101 e. The number of nitrogens with zero attached hydrogens (tertiary/aromatic N) is 1. The molecule has 1 aliphatic rings. The Hall–Kier alpha value is -1.49. The average Bonchev–Trinajstić information content (AvgIpc) is 2.31. The van der Waals surface area contributed by atoms with E-state index in [1.54, 1.807) is 0 Å². The van der Waals surface area contributed by atoms with Gasteiger partial charge >= 0.3 is 0 Å². The third-order valence-corrected chi connectivity index (χ3v) is 3.26. The number of hydrogen-bond acceptors (Lipinski definition) is 2. The summed E-state index contributed by atoms with van der Waals surface area (Å²) in [6.45, 7) is 2.06. The van der Waals surface area contributed by atoms with E-state index >= 15 is 0 Å². The van der Waals surface area contributed by atoms with Gasteiger partial charge in [-0.2, -0.15) is 5.26 Å². The molecule has 0 aliphatic heterocycles. The number of nitrogens with one attached hydrogen (secondary N) is 1. The molecule has 0 unspecified atom stereocenters. The van der Waals surface area contributed by atoms with E-state index in [1.807, 2.05) is 12.1 Å². The van der Waals surface area contributed by atoms with Crippen molar-refractivity contribution in [1.29, 1.82) is 5.26 Å². The zero-order chi connectivity index (χ0) is 11.4. The molecule has 0 bridgehead atoms. The zero-order valence-corrected chi connectivity index (χ0v) is 9.79. The molecule has 2 heteroatoms. The van der Waals surface area contributed by atoms with Gasteiger partial charge in [0.05, 0.1) is 11.3 Å². The molecule has 0 amide bonds. The number of rotatable bonds is 2. The van der Waals surface area contributed by atoms with Crippen LogP contribution in [0.25, 0.3) is 0 Å². The van der Waals surface area contributed by atoms with Gasteiger partial charge in [-0.1, -0.05) is 25.3 Å². The predicted molar refractivity (Wildman–Crippen MR) is 66.4 cm³/mol. The van der Waals surface area contributed by atoms with Gasteiger partial charge in [-0.05, 0) is 37.5 Å². The lowest BCUT2D eigenvalue weighted by molar-refractivity contribution is 0.462. The first-order valence-corrected chi connectivity index (χ1v) is 6.07. The highest BCUT2D eigenvalue weighted by atomic mass is 14.9. The fourth-order valence-electron chi connectivity index (χ4n) is 2.34. The number of aryl methyl sites for hydroxylation is 1. The van der Waals surface area contributed by atoms with Crippen molar-refractivity contribution in [2.75, 3.05) is 5.32 Å². The van der Waals surface area contributed by atoms with Crippen LogP contribution >= 0.6 is 0 Å². The summed E-state index contributed by atoms with van der Waals surface area (Å²) in [7, 11) is 0. The van der Waals surface area contributed by atoms with E-state index in [9.17, 15) is 0 Å². The molecule has 1 N–H and O–H groups in total. The maximum atomic E-state index is 9.05. The molecule has 1 fully saturated rings. The van der Waals surface area contributed by atoms with E-state index in [1.165, 1.54) is 37.7 Å². The molecule has 1 aliphatic carbocycles. The number of hydrogen-bond donors (Lipinski definition) is 1. The summed E-state index contributed by atoms with van der Waals surface area (Å²) in [6.07, 6.45) is 6.45. The van der Waals surface area contributed by atoms with Crippen molar-refractivity contribution in [3.63, 3.8) is 0 Å². The molecule has 0 aromatic heterocycles. The Balaban J connectivity index is 2.13. The molecular formula is C14H18N2. The van der Waals surface area contributed by atoms with Gasteiger partial charge in [-0.3, -0.25) is 0 Å². The summed E-state index contributed by atoms with van der Waals surface area (Å²) < 4.78 is 0. The highest BCUT2D eigenvalue weighted by molar-refractivity contribution is 5.59. The highest BCUT2D eigenvalue weighted by Crippen LogP contribution is 2.24. The van der Waals surface area contributed by atoms with Crippen LogP contribution in [-0.2, 0) is 0 Å². The van der Waals surface area contributed by atoms with Crippen molar-refractivity contribution in [1.82, 2.24) is 0 Å². The van der Waals surface area contributed by atoms with Gasteiger partial charge in [-0.25, -0.2) is 0 Å². The van der Waals surface area contributed by atoms with E-state index in [2.05, 4.69) is 24.4 Å². The molecule has 1 aromatic carbocycles. The Labute approximate surface area is 97.3 Å². The highest BCUT2D eigenvalue weighted by Gasteiger charge is 2.14. The first kappa shape index (κ1) is 11.0. The maximum absolute atomic E-state index is 9.05. The monoisotopic (exact) mass is 214 g/mol. The number of anilines is 1. The topological polar surface area (TPSA) is 35.8 Å². The molecule has 1 aromatic rings. The van der Waals surface area contributed by atoms with Crippen molar-refractivity contribution in [3.8, 4) is 6.07 Å². The van der Waals surface area contributed by atoms with Gasteiger partial charge in [0.25, 0.3) is 0 Å². The van der Waals surface area contributed by atoms with Gasteiger partial charge in [0.1, 0.15) is 6.07 Å². The zero-order valence-electron chi connectivity index (χ0n) is 9.79. The van der Waals surface area contributed by atoms with E-state index in [0.29, 0.717) is 6.04 Å². The van der Waals surface area contributed by atoms with Crippen LogP contribution in [0, 0.1) is 18.3 Å².